The zero-order valence-corrected chi connectivity index (χ0v) is 11.6. The Hall–Kier alpha value is -2.21. The van der Waals surface area contributed by atoms with Crippen LogP contribution in [0.15, 0.2) is 24.3 Å². The maximum atomic E-state index is 14.1. The lowest BCUT2D eigenvalue weighted by Crippen LogP contribution is -2.32. The second-order valence-corrected chi connectivity index (χ2v) is 4.78. The molecule has 0 fully saturated rings. The van der Waals surface area contributed by atoms with Gasteiger partial charge in [0.2, 0.25) is 5.91 Å². The molecule has 2 aromatic rings. The summed E-state index contributed by atoms with van der Waals surface area (Å²) in [4.78, 5) is 11.5. The summed E-state index contributed by atoms with van der Waals surface area (Å²) >= 11 is 0. The third-order valence-corrected chi connectivity index (χ3v) is 2.87. The molecule has 0 bridgehead atoms. The number of rotatable bonds is 3. The van der Waals surface area contributed by atoms with Gasteiger partial charge in [0.15, 0.2) is 5.82 Å². The van der Waals surface area contributed by atoms with Gasteiger partial charge in [-0.1, -0.05) is 0 Å². The second-order valence-electron chi connectivity index (χ2n) is 4.78. The van der Waals surface area contributed by atoms with Crippen LogP contribution in [0.4, 0.5) is 10.1 Å². The minimum atomic E-state index is -0.645. The zero-order chi connectivity index (χ0) is 14.9. The van der Waals surface area contributed by atoms with E-state index < -0.39 is 11.9 Å². The normalized spacial score (nSPS) is 12.2. The van der Waals surface area contributed by atoms with E-state index in [0.29, 0.717) is 11.4 Å². The van der Waals surface area contributed by atoms with Crippen molar-refractivity contribution in [3.63, 3.8) is 0 Å². The van der Waals surface area contributed by atoms with E-state index in [1.165, 1.54) is 10.7 Å². The van der Waals surface area contributed by atoms with Crippen molar-refractivity contribution in [2.45, 2.75) is 26.8 Å². The van der Waals surface area contributed by atoms with Gasteiger partial charge in [0.1, 0.15) is 5.69 Å². The lowest BCUT2D eigenvalue weighted by Gasteiger charge is -2.10. The number of hydrogen-bond donors (Lipinski definition) is 2. The van der Waals surface area contributed by atoms with E-state index in [4.69, 9.17) is 5.73 Å². The number of benzene rings is 1. The summed E-state index contributed by atoms with van der Waals surface area (Å²) in [6.07, 6.45) is 0. The number of nitrogens with zero attached hydrogens (tertiary/aromatic N) is 2. The number of amides is 1. The Morgan fingerprint density at radius 2 is 2.10 bits per heavy atom. The first-order valence-electron chi connectivity index (χ1n) is 6.28. The Labute approximate surface area is 116 Å². The van der Waals surface area contributed by atoms with Gasteiger partial charge in [-0.25, -0.2) is 9.07 Å². The van der Waals surface area contributed by atoms with Gasteiger partial charge in [0, 0.05) is 11.4 Å². The molecule has 0 aliphatic carbocycles. The van der Waals surface area contributed by atoms with Crippen LogP contribution in [-0.2, 0) is 4.79 Å². The molecule has 0 saturated carbocycles. The van der Waals surface area contributed by atoms with Gasteiger partial charge in [0.05, 0.1) is 11.7 Å². The highest BCUT2D eigenvalue weighted by molar-refractivity contribution is 5.94. The fraction of sp³-hybridized carbons (Fsp3) is 0.286. The molecule has 0 spiro atoms. The number of nitrogens with two attached hydrogens (primary N) is 1. The molecule has 1 amide bonds. The maximum absolute atomic E-state index is 14.1. The molecule has 6 heteroatoms. The van der Waals surface area contributed by atoms with Crippen LogP contribution in [0.1, 0.15) is 18.3 Å². The highest BCUT2D eigenvalue weighted by Gasteiger charge is 2.12. The molecule has 0 aliphatic heterocycles. The molecular weight excluding hydrogens is 259 g/mol. The Balaban J connectivity index is 2.31. The Kier molecular flexibility index (Phi) is 3.85. The van der Waals surface area contributed by atoms with Crippen LogP contribution in [0.5, 0.6) is 0 Å². The molecule has 0 aliphatic rings. The van der Waals surface area contributed by atoms with E-state index in [0.717, 1.165) is 11.4 Å². The summed E-state index contributed by atoms with van der Waals surface area (Å²) in [7, 11) is 0. The summed E-state index contributed by atoms with van der Waals surface area (Å²) < 4.78 is 15.7. The van der Waals surface area contributed by atoms with E-state index >= 15 is 0 Å². The van der Waals surface area contributed by atoms with Crippen LogP contribution in [0, 0.1) is 19.7 Å². The van der Waals surface area contributed by atoms with Crippen LogP contribution < -0.4 is 11.1 Å². The number of hydrogen-bond acceptors (Lipinski definition) is 3. The molecule has 1 aromatic carbocycles. The minimum Gasteiger partial charge on any atom is -0.325 e. The summed E-state index contributed by atoms with van der Waals surface area (Å²) in [6.45, 7) is 5.26. The Bertz CT molecular complexity index is 649. The predicted octanol–water partition coefficient (Wildman–Crippen LogP) is 1.91. The summed E-state index contributed by atoms with van der Waals surface area (Å²) in [5, 5.41) is 6.78. The molecule has 0 saturated heterocycles. The van der Waals surface area contributed by atoms with Gasteiger partial charge in [-0.2, -0.15) is 5.10 Å². The van der Waals surface area contributed by atoms with E-state index in [9.17, 15) is 9.18 Å². The molecule has 1 aromatic heterocycles. The van der Waals surface area contributed by atoms with Crippen LogP contribution in [-0.4, -0.2) is 21.7 Å². The molecule has 20 heavy (non-hydrogen) atoms. The third-order valence-electron chi connectivity index (χ3n) is 2.87. The maximum Gasteiger partial charge on any atom is 0.241 e. The molecule has 1 heterocycles. The van der Waals surface area contributed by atoms with E-state index in [1.54, 1.807) is 19.1 Å². The highest BCUT2D eigenvalue weighted by Crippen LogP contribution is 2.20. The molecule has 0 radical (unpaired) electrons. The van der Waals surface area contributed by atoms with Crippen molar-refractivity contribution < 1.29 is 9.18 Å². The van der Waals surface area contributed by atoms with Gasteiger partial charge in [-0.05, 0) is 45.0 Å². The first-order chi connectivity index (χ1) is 9.38. The summed E-state index contributed by atoms with van der Waals surface area (Å²) in [6, 6.07) is 5.67. The molecule has 5 nitrogen and oxygen atoms in total. The standard InChI is InChI=1S/C14H17FN4O/c1-8-6-9(2)19(18-8)13-5-4-11(7-12(13)15)17-14(20)10(3)16/h4-7,10H,16H2,1-3H3,(H,17,20)/t10-/m1/s1. The minimum absolute atomic E-state index is 0.342. The molecule has 1 atom stereocenters. The average Bonchev–Trinajstić information content (AvgIpc) is 2.68. The number of aryl methyl sites for hydroxylation is 2. The largest absolute Gasteiger partial charge is 0.325 e. The number of halogens is 1. The van der Waals surface area contributed by atoms with E-state index in [2.05, 4.69) is 10.4 Å². The van der Waals surface area contributed by atoms with Crippen LogP contribution in [0.25, 0.3) is 5.69 Å². The molecule has 0 unspecified atom stereocenters. The predicted molar refractivity (Wildman–Crippen MR) is 75.3 cm³/mol. The fourth-order valence-electron chi connectivity index (χ4n) is 1.89. The first kappa shape index (κ1) is 14.2. The molecule has 2 rings (SSSR count). The highest BCUT2D eigenvalue weighted by atomic mass is 19.1. The van der Waals surface area contributed by atoms with Crippen molar-refractivity contribution in [3.05, 3.63) is 41.5 Å². The average molecular weight is 276 g/mol. The van der Waals surface area contributed by atoms with E-state index in [-0.39, 0.29) is 5.91 Å². The SMILES string of the molecule is Cc1cc(C)n(-c2ccc(NC(=O)[C@@H](C)N)cc2F)n1. The van der Waals surface area contributed by atoms with E-state index in [1.807, 2.05) is 19.9 Å². The monoisotopic (exact) mass is 276 g/mol. The third kappa shape index (κ3) is 2.85. The van der Waals surface area contributed by atoms with Crippen molar-refractivity contribution in [1.29, 1.82) is 0 Å². The number of carbonyl (C=O) groups is 1. The fourth-order valence-corrected chi connectivity index (χ4v) is 1.89. The molecular formula is C14H17FN4O. The van der Waals surface area contributed by atoms with Gasteiger partial charge in [0.25, 0.3) is 0 Å². The number of anilines is 1. The van der Waals surface area contributed by atoms with Crippen molar-refractivity contribution in [2.24, 2.45) is 5.73 Å². The second kappa shape index (κ2) is 5.42. The summed E-state index contributed by atoms with van der Waals surface area (Å²) in [5.74, 6) is -0.818. The lowest BCUT2D eigenvalue weighted by molar-refractivity contribution is -0.117. The molecule has 3 N–H and O–H groups in total. The van der Waals surface area contributed by atoms with Crippen molar-refractivity contribution in [1.82, 2.24) is 9.78 Å². The topological polar surface area (TPSA) is 72.9 Å². The smallest absolute Gasteiger partial charge is 0.241 e. The molecule has 106 valence electrons. The van der Waals surface area contributed by atoms with Crippen LogP contribution >= 0.6 is 0 Å². The van der Waals surface area contributed by atoms with Crippen molar-refractivity contribution in [2.75, 3.05) is 5.32 Å². The van der Waals surface area contributed by atoms with Gasteiger partial charge in [-0.15, -0.1) is 0 Å². The Morgan fingerprint density at radius 1 is 1.40 bits per heavy atom. The van der Waals surface area contributed by atoms with Crippen LogP contribution in [0.3, 0.4) is 0 Å². The Morgan fingerprint density at radius 3 is 2.60 bits per heavy atom. The van der Waals surface area contributed by atoms with Crippen LogP contribution in [0.2, 0.25) is 0 Å². The summed E-state index contributed by atoms with van der Waals surface area (Å²) in [5.41, 5.74) is 7.82. The number of carbonyl (C=O) groups excluding carboxylic acids is 1. The quantitative estimate of drug-likeness (QED) is 0.899. The number of aromatic nitrogens is 2. The van der Waals surface area contributed by atoms with Gasteiger partial charge >= 0.3 is 0 Å². The first-order valence-corrected chi connectivity index (χ1v) is 6.28. The number of nitrogens with one attached hydrogen (secondary N) is 1. The van der Waals surface area contributed by atoms with Crippen molar-refractivity contribution >= 4 is 11.6 Å². The zero-order valence-electron chi connectivity index (χ0n) is 11.6. The van der Waals surface area contributed by atoms with Crippen molar-refractivity contribution in [3.8, 4) is 5.69 Å². The van der Waals surface area contributed by atoms with Gasteiger partial charge < -0.3 is 11.1 Å². The lowest BCUT2D eigenvalue weighted by atomic mass is 10.2. The van der Waals surface area contributed by atoms with Gasteiger partial charge in [-0.3, -0.25) is 4.79 Å².